The second kappa shape index (κ2) is 4.52. The van der Waals surface area contributed by atoms with Crippen LogP contribution < -0.4 is 5.32 Å². The summed E-state index contributed by atoms with van der Waals surface area (Å²) in [7, 11) is 1.74. The van der Waals surface area contributed by atoms with Gasteiger partial charge in [0, 0.05) is 13.6 Å². The lowest BCUT2D eigenvalue weighted by Crippen LogP contribution is -2.44. The van der Waals surface area contributed by atoms with Gasteiger partial charge in [0.2, 0.25) is 0 Å². The van der Waals surface area contributed by atoms with Crippen molar-refractivity contribution >= 4 is 15.9 Å². The smallest absolute Gasteiger partial charge is 0.298 e. The van der Waals surface area contributed by atoms with Crippen LogP contribution in [-0.4, -0.2) is 21.5 Å². The largest absolute Gasteiger partial charge is 0.406 e. The van der Waals surface area contributed by atoms with Gasteiger partial charge in [-0.05, 0) is 35.2 Å². The van der Waals surface area contributed by atoms with Crippen molar-refractivity contribution in [2.24, 2.45) is 7.05 Å². The summed E-state index contributed by atoms with van der Waals surface area (Å²) in [6, 6.07) is 0. The van der Waals surface area contributed by atoms with Crippen LogP contribution in [0.4, 0.5) is 13.2 Å². The third kappa shape index (κ3) is 2.30. The Kier molecular flexibility index (Phi) is 3.48. The zero-order chi connectivity index (χ0) is 13.6. The second-order valence-corrected chi connectivity index (χ2v) is 5.41. The predicted molar refractivity (Wildman–Crippen MR) is 65.1 cm³/mol. The maximum absolute atomic E-state index is 12.8. The lowest BCUT2D eigenvalue weighted by molar-refractivity contribution is -0.166. The van der Waals surface area contributed by atoms with Gasteiger partial charge in [-0.15, -0.1) is 0 Å². The predicted octanol–water partition coefficient (Wildman–Crippen LogP) is 2.93. The van der Waals surface area contributed by atoms with Gasteiger partial charge in [-0.2, -0.15) is 18.3 Å². The van der Waals surface area contributed by atoms with Gasteiger partial charge in [0.15, 0.2) is 0 Å². The van der Waals surface area contributed by atoms with Gasteiger partial charge in [-0.1, -0.05) is 6.92 Å². The first-order chi connectivity index (χ1) is 8.31. The van der Waals surface area contributed by atoms with E-state index in [4.69, 9.17) is 0 Å². The molecule has 1 aliphatic carbocycles. The first kappa shape index (κ1) is 13.9. The summed E-state index contributed by atoms with van der Waals surface area (Å²) >= 11 is 3.40. The Labute approximate surface area is 112 Å². The number of aromatic nitrogens is 2. The Morgan fingerprint density at radius 1 is 1.44 bits per heavy atom. The van der Waals surface area contributed by atoms with Crippen LogP contribution in [0.25, 0.3) is 0 Å². The molecule has 0 saturated heterocycles. The Balaban J connectivity index is 2.10. The fraction of sp³-hybridized carbons (Fsp3) is 0.727. The van der Waals surface area contributed by atoms with Crippen LogP contribution in [0, 0.1) is 0 Å². The Hall–Kier alpha value is -0.560. The molecule has 0 aromatic carbocycles. The summed E-state index contributed by atoms with van der Waals surface area (Å²) in [5.74, 6) is 0. The molecule has 0 radical (unpaired) electrons. The van der Waals surface area contributed by atoms with Gasteiger partial charge < -0.3 is 0 Å². The average molecular weight is 326 g/mol. The van der Waals surface area contributed by atoms with Crippen LogP contribution in [0.15, 0.2) is 4.47 Å². The van der Waals surface area contributed by atoms with E-state index in [9.17, 15) is 13.2 Å². The average Bonchev–Trinajstić information content (AvgIpc) is 3.01. The number of alkyl halides is 3. The van der Waals surface area contributed by atoms with E-state index < -0.39 is 11.7 Å². The molecule has 102 valence electrons. The number of halogens is 4. The number of hydrogen-bond donors (Lipinski definition) is 1. The first-order valence-electron chi connectivity index (χ1n) is 5.83. The lowest BCUT2D eigenvalue weighted by Gasteiger charge is -2.20. The van der Waals surface area contributed by atoms with Gasteiger partial charge in [-0.3, -0.25) is 10.00 Å². The third-order valence-electron chi connectivity index (χ3n) is 3.39. The van der Waals surface area contributed by atoms with Gasteiger partial charge in [-0.25, -0.2) is 0 Å². The monoisotopic (exact) mass is 325 g/mol. The number of hydrogen-bond acceptors (Lipinski definition) is 2. The van der Waals surface area contributed by atoms with E-state index in [1.165, 1.54) is 0 Å². The highest BCUT2D eigenvalue weighted by atomic mass is 79.9. The van der Waals surface area contributed by atoms with Gasteiger partial charge in [0.05, 0.1) is 15.9 Å². The Morgan fingerprint density at radius 3 is 2.44 bits per heavy atom. The normalized spacial score (nSPS) is 18.1. The van der Waals surface area contributed by atoms with E-state index in [2.05, 4.69) is 26.3 Å². The molecule has 7 heteroatoms. The lowest BCUT2D eigenvalue weighted by atomic mass is 10.2. The Morgan fingerprint density at radius 2 is 2.06 bits per heavy atom. The number of nitrogens with one attached hydrogen (secondary N) is 1. The van der Waals surface area contributed by atoms with Gasteiger partial charge >= 0.3 is 6.18 Å². The third-order valence-corrected chi connectivity index (χ3v) is 4.31. The number of nitrogens with zero attached hydrogens (tertiary/aromatic N) is 2. The zero-order valence-electron chi connectivity index (χ0n) is 10.2. The van der Waals surface area contributed by atoms with Crippen molar-refractivity contribution in [3.05, 3.63) is 15.9 Å². The molecular formula is C11H15BrF3N3. The van der Waals surface area contributed by atoms with E-state index in [-0.39, 0.29) is 19.4 Å². The number of rotatable bonds is 4. The minimum absolute atomic E-state index is 0.159. The van der Waals surface area contributed by atoms with Crippen LogP contribution in [0.3, 0.4) is 0 Å². The molecule has 1 saturated carbocycles. The highest BCUT2D eigenvalue weighted by Crippen LogP contribution is 2.49. The fourth-order valence-corrected chi connectivity index (χ4v) is 2.71. The molecule has 0 amide bonds. The van der Waals surface area contributed by atoms with Crippen molar-refractivity contribution in [3.63, 3.8) is 0 Å². The van der Waals surface area contributed by atoms with Crippen LogP contribution in [0.2, 0.25) is 0 Å². The molecule has 0 atom stereocenters. The van der Waals surface area contributed by atoms with Crippen molar-refractivity contribution in [1.82, 2.24) is 15.1 Å². The highest BCUT2D eigenvalue weighted by Gasteiger charge is 2.63. The fourth-order valence-electron chi connectivity index (χ4n) is 1.95. The topological polar surface area (TPSA) is 29.9 Å². The maximum atomic E-state index is 12.8. The molecule has 1 N–H and O–H groups in total. The standard InChI is InChI=1S/C11H15BrF3N3/c1-3-7-9(12)8(18(2)17-7)6-16-10(4-5-10)11(13,14)15/h16H,3-6H2,1-2H3. The van der Waals surface area contributed by atoms with E-state index in [1.807, 2.05) is 6.92 Å². The molecule has 0 aliphatic heterocycles. The van der Waals surface area contributed by atoms with Crippen molar-refractivity contribution in [3.8, 4) is 0 Å². The molecule has 0 spiro atoms. The quantitative estimate of drug-likeness (QED) is 0.922. The molecule has 3 nitrogen and oxygen atoms in total. The van der Waals surface area contributed by atoms with Crippen molar-refractivity contribution < 1.29 is 13.2 Å². The molecule has 1 aromatic heterocycles. The van der Waals surface area contributed by atoms with Crippen LogP contribution in [0.5, 0.6) is 0 Å². The van der Waals surface area contributed by atoms with Crippen molar-refractivity contribution in [1.29, 1.82) is 0 Å². The SMILES string of the molecule is CCc1nn(C)c(CNC2(C(F)(F)F)CC2)c1Br. The van der Waals surface area contributed by atoms with Crippen LogP contribution in [0.1, 0.15) is 31.2 Å². The van der Waals surface area contributed by atoms with Gasteiger partial charge in [0.25, 0.3) is 0 Å². The molecule has 1 heterocycles. The van der Waals surface area contributed by atoms with E-state index >= 15 is 0 Å². The maximum Gasteiger partial charge on any atom is 0.406 e. The Bertz CT molecular complexity index is 449. The minimum Gasteiger partial charge on any atom is -0.298 e. The van der Waals surface area contributed by atoms with E-state index in [1.54, 1.807) is 11.7 Å². The molecule has 2 rings (SSSR count). The van der Waals surface area contributed by atoms with Gasteiger partial charge in [0.1, 0.15) is 5.54 Å². The minimum atomic E-state index is -4.17. The van der Waals surface area contributed by atoms with Crippen LogP contribution >= 0.6 is 15.9 Å². The molecule has 1 fully saturated rings. The van der Waals surface area contributed by atoms with Crippen LogP contribution in [-0.2, 0) is 20.0 Å². The summed E-state index contributed by atoms with van der Waals surface area (Å²) in [5.41, 5.74) is -0.0585. The molecule has 0 unspecified atom stereocenters. The summed E-state index contributed by atoms with van der Waals surface area (Å²) in [6.07, 6.45) is -3.11. The summed E-state index contributed by atoms with van der Waals surface area (Å²) < 4.78 is 40.8. The molecular weight excluding hydrogens is 311 g/mol. The summed E-state index contributed by atoms with van der Waals surface area (Å²) in [5, 5.41) is 6.89. The van der Waals surface area contributed by atoms with Crippen molar-refractivity contribution in [2.75, 3.05) is 0 Å². The highest BCUT2D eigenvalue weighted by molar-refractivity contribution is 9.10. The zero-order valence-corrected chi connectivity index (χ0v) is 11.8. The first-order valence-corrected chi connectivity index (χ1v) is 6.62. The molecule has 18 heavy (non-hydrogen) atoms. The van der Waals surface area contributed by atoms with E-state index in [0.717, 1.165) is 22.3 Å². The molecule has 1 aromatic rings. The van der Waals surface area contributed by atoms with Crippen molar-refractivity contribution in [2.45, 2.75) is 44.4 Å². The second-order valence-electron chi connectivity index (χ2n) is 4.62. The summed E-state index contributed by atoms with van der Waals surface area (Å²) in [6.45, 7) is 2.13. The molecule has 1 aliphatic rings. The number of aryl methyl sites for hydroxylation is 2. The summed E-state index contributed by atoms with van der Waals surface area (Å²) in [4.78, 5) is 0. The van der Waals surface area contributed by atoms with E-state index in [0.29, 0.717) is 0 Å². The molecule has 0 bridgehead atoms.